The topological polar surface area (TPSA) is 209 Å². The first-order valence-electron chi connectivity index (χ1n) is 20.9. The third kappa shape index (κ3) is 13.5. The van der Waals surface area contributed by atoms with E-state index >= 15 is 0 Å². The van der Waals surface area contributed by atoms with E-state index in [0.29, 0.717) is 25.7 Å². The molecule has 3 saturated heterocycles. The SMILES string of the molecule is CC[C@H]1OC(=O)C[C@H](O)[C@H](C)[C@@H](O[C@H]2O[C@@H](C)[C@H](O)[C@@H](N(C)C)[C@@H]2O)[C@@H](C/C=C/C(=O)OC)C[C@H](C)C(=O)CCC(C)C[C@@H]1CO[C@@H]1O[C@H](C)[C@@H](O)[C@@H](OC)[C@H]1OC. The minimum atomic E-state index is -1.29. The summed E-state index contributed by atoms with van der Waals surface area (Å²) >= 11 is 0. The van der Waals surface area contributed by atoms with Crippen LogP contribution in [0.5, 0.6) is 0 Å². The maximum Gasteiger partial charge on any atom is 0.330 e. The van der Waals surface area contributed by atoms with E-state index in [4.69, 9.17) is 37.9 Å². The summed E-state index contributed by atoms with van der Waals surface area (Å²) in [7, 11) is 7.70. The fourth-order valence-electron chi connectivity index (χ4n) is 8.67. The summed E-state index contributed by atoms with van der Waals surface area (Å²) in [5, 5.41) is 44.7. The van der Waals surface area contributed by atoms with E-state index in [2.05, 4.69) is 0 Å². The van der Waals surface area contributed by atoms with Gasteiger partial charge in [0.1, 0.15) is 36.3 Å². The summed E-state index contributed by atoms with van der Waals surface area (Å²) in [6, 6.07) is -0.736. The van der Waals surface area contributed by atoms with Gasteiger partial charge in [-0.3, -0.25) is 9.59 Å². The summed E-state index contributed by atoms with van der Waals surface area (Å²) in [5.41, 5.74) is 0. The van der Waals surface area contributed by atoms with Gasteiger partial charge in [-0.1, -0.05) is 33.8 Å². The van der Waals surface area contributed by atoms with Crippen LogP contribution in [0.25, 0.3) is 0 Å². The molecule has 1 unspecified atom stereocenters. The van der Waals surface area contributed by atoms with Crippen LogP contribution < -0.4 is 0 Å². The number of ether oxygens (including phenoxy) is 8. The molecule has 336 valence electrons. The lowest BCUT2D eigenvalue weighted by Crippen LogP contribution is -2.63. The van der Waals surface area contributed by atoms with Crippen molar-refractivity contribution in [2.24, 2.45) is 29.6 Å². The number of rotatable bonds is 12. The Morgan fingerprint density at radius 3 is 2.09 bits per heavy atom. The molecule has 3 heterocycles. The van der Waals surface area contributed by atoms with Crippen LogP contribution in [0.4, 0.5) is 0 Å². The Bertz CT molecular complexity index is 1300. The van der Waals surface area contributed by atoms with Crippen LogP contribution in [-0.2, 0) is 52.3 Å². The molecule has 0 bridgehead atoms. The predicted molar refractivity (Wildman–Crippen MR) is 211 cm³/mol. The van der Waals surface area contributed by atoms with Gasteiger partial charge in [0.15, 0.2) is 12.6 Å². The lowest BCUT2D eigenvalue weighted by atomic mass is 9.78. The van der Waals surface area contributed by atoms with Crippen LogP contribution in [0.15, 0.2) is 12.2 Å². The second kappa shape index (κ2) is 23.8. The Kier molecular flexibility index (Phi) is 20.6. The molecule has 0 spiro atoms. The van der Waals surface area contributed by atoms with Crippen molar-refractivity contribution in [3.63, 3.8) is 0 Å². The Hall–Kier alpha value is -2.09. The monoisotopic (exact) mass is 831 g/mol. The molecular formula is C42H73NO15. The number of methoxy groups -OCH3 is 3. The van der Waals surface area contributed by atoms with E-state index in [1.807, 2.05) is 20.8 Å². The van der Waals surface area contributed by atoms with Crippen LogP contribution in [0.2, 0.25) is 0 Å². The lowest BCUT2D eigenvalue weighted by molar-refractivity contribution is -0.305. The van der Waals surface area contributed by atoms with Crippen molar-refractivity contribution in [2.75, 3.05) is 42.0 Å². The molecule has 0 aromatic rings. The Morgan fingerprint density at radius 1 is 0.845 bits per heavy atom. The summed E-state index contributed by atoms with van der Waals surface area (Å²) in [5.74, 6) is -3.16. The standard InChI is InChI=1S/C42H73NO15/c1-12-31-28(21-54-42-40(53-11)39(52-10)36(49)26(6)56-42)18-22(2)16-17-29(44)23(3)19-27(14-13-15-32(46)51-9)38(24(4)30(45)20-33(47)57-31)58-41-37(50)34(43(7)8)35(48)25(5)55-41/h13,15,22-28,30-31,34-42,45,48-50H,12,14,16-21H2,1-11H3/b15-13+/t22?,23-,24-,25-,26+,27-,28+,30-,31+,34+,35-,36+,37-,38+,39+,40+,41+,42+/m0/s1. The molecule has 0 saturated carbocycles. The number of hydrogen-bond donors (Lipinski definition) is 4. The predicted octanol–water partition coefficient (Wildman–Crippen LogP) is 2.40. The zero-order valence-corrected chi connectivity index (χ0v) is 36.4. The fraction of sp³-hybridized carbons (Fsp3) is 0.881. The van der Waals surface area contributed by atoms with E-state index in [1.54, 1.807) is 45.8 Å². The third-order valence-electron chi connectivity index (χ3n) is 12.3. The zero-order chi connectivity index (χ0) is 43.4. The van der Waals surface area contributed by atoms with Crippen molar-refractivity contribution in [1.29, 1.82) is 0 Å². The number of carbonyl (C=O) groups excluding carboxylic acids is 3. The maximum absolute atomic E-state index is 13.8. The Balaban J connectivity index is 1.97. The molecule has 4 N–H and O–H groups in total. The van der Waals surface area contributed by atoms with Gasteiger partial charge in [-0.05, 0) is 71.9 Å². The van der Waals surface area contributed by atoms with Gasteiger partial charge in [-0.15, -0.1) is 0 Å². The number of hydrogen-bond acceptors (Lipinski definition) is 16. The smallest absolute Gasteiger partial charge is 0.330 e. The second-order valence-corrected chi connectivity index (χ2v) is 16.9. The number of cyclic esters (lactones) is 1. The quantitative estimate of drug-likeness (QED) is 0.164. The molecule has 3 aliphatic heterocycles. The van der Waals surface area contributed by atoms with Crippen LogP contribution >= 0.6 is 0 Å². The summed E-state index contributed by atoms with van der Waals surface area (Å²) < 4.78 is 47.0. The molecule has 16 heteroatoms. The Labute approximate surface area is 344 Å². The minimum Gasteiger partial charge on any atom is -0.466 e. The van der Waals surface area contributed by atoms with Gasteiger partial charge >= 0.3 is 11.9 Å². The first-order valence-corrected chi connectivity index (χ1v) is 20.9. The highest BCUT2D eigenvalue weighted by atomic mass is 16.7. The number of aliphatic hydroxyl groups is 4. The normalized spacial score (nSPS) is 41.7. The van der Waals surface area contributed by atoms with Crippen LogP contribution in [0.3, 0.4) is 0 Å². The molecule has 0 aliphatic carbocycles. The number of carbonyl (C=O) groups is 3. The molecule has 18 atom stereocenters. The van der Waals surface area contributed by atoms with Gasteiger partial charge in [0.2, 0.25) is 0 Å². The van der Waals surface area contributed by atoms with Gasteiger partial charge in [0.25, 0.3) is 0 Å². The molecular weight excluding hydrogens is 758 g/mol. The number of ketones is 1. The van der Waals surface area contributed by atoms with Gasteiger partial charge in [0.05, 0.1) is 56.7 Å². The van der Waals surface area contributed by atoms with E-state index in [9.17, 15) is 34.8 Å². The van der Waals surface area contributed by atoms with Crippen molar-refractivity contribution < 1.29 is 72.7 Å². The average molecular weight is 832 g/mol. The summed E-state index contributed by atoms with van der Waals surface area (Å²) in [6.45, 7) is 11.0. The van der Waals surface area contributed by atoms with Gasteiger partial charge in [0, 0.05) is 44.5 Å². The summed E-state index contributed by atoms with van der Waals surface area (Å²) in [6.07, 6.45) is -5.96. The van der Waals surface area contributed by atoms with Crippen molar-refractivity contribution in [3.8, 4) is 0 Å². The highest BCUT2D eigenvalue weighted by Gasteiger charge is 2.48. The molecule has 0 aromatic heterocycles. The number of likely N-dealkylation sites (N-methyl/N-ethyl adjacent to an activating group) is 1. The van der Waals surface area contributed by atoms with Gasteiger partial charge in [-0.2, -0.15) is 0 Å². The van der Waals surface area contributed by atoms with Crippen molar-refractivity contribution in [1.82, 2.24) is 4.90 Å². The largest absolute Gasteiger partial charge is 0.466 e. The number of esters is 2. The fourth-order valence-corrected chi connectivity index (χ4v) is 8.67. The second-order valence-electron chi connectivity index (χ2n) is 16.9. The molecule has 58 heavy (non-hydrogen) atoms. The average Bonchev–Trinajstić information content (AvgIpc) is 3.18. The van der Waals surface area contributed by atoms with Crippen molar-refractivity contribution in [2.45, 2.75) is 166 Å². The lowest BCUT2D eigenvalue weighted by Gasteiger charge is -2.46. The Morgan fingerprint density at radius 2 is 1.48 bits per heavy atom. The minimum absolute atomic E-state index is 0.0239. The van der Waals surface area contributed by atoms with Crippen molar-refractivity contribution in [3.05, 3.63) is 12.2 Å². The van der Waals surface area contributed by atoms with Gasteiger partial charge in [-0.25, -0.2) is 4.79 Å². The first-order chi connectivity index (χ1) is 27.4. The van der Waals surface area contributed by atoms with E-state index in [1.165, 1.54) is 27.4 Å². The highest BCUT2D eigenvalue weighted by molar-refractivity contribution is 5.81. The van der Waals surface area contributed by atoms with E-state index in [-0.39, 0.29) is 43.5 Å². The molecule has 3 rings (SSSR count). The van der Waals surface area contributed by atoms with Gasteiger partial charge < -0.3 is 63.2 Å². The first kappa shape index (κ1) is 50.3. The van der Waals surface area contributed by atoms with Crippen LogP contribution in [-0.4, -0.2) is 165 Å². The van der Waals surface area contributed by atoms with E-state index in [0.717, 1.165) is 0 Å². The summed E-state index contributed by atoms with van der Waals surface area (Å²) in [4.78, 5) is 41.3. The third-order valence-corrected chi connectivity index (χ3v) is 12.3. The molecule has 3 fully saturated rings. The molecule has 0 amide bonds. The van der Waals surface area contributed by atoms with Crippen molar-refractivity contribution >= 4 is 17.7 Å². The zero-order valence-electron chi connectivity index (χ0n) is 36.4. The molecule has 16 nitrogen and oxygen atoms in total. The number of Topliss-reactive ketones (excluding diaryl/α,β-unsaturated/α-hetero) is 1. The molecule has 3 aliphatic rings. The molecule has 0 radical (unpaired) electrons. The van der Waals surface area contributed by atoms with E-state index < -0.39 is 109 Å². The van der Waals surface area contributed by atoms with Crippen LogP contribution in [0.1, 0.15) is 86.5 Å². The number of allylic oxidation sites excluding steroid dienone is 1. The number of nitrogens with zero attached hydrogens (tertiary/aromatic N) is 1. The maximum atomic E-state index is 13.8. The molecule has 0 aromatic carbocycles. The number of aliphatic hydroxyl groups excluding tert-OH is 4. The highest BCUT2D eigenvalue weighted by Crippen LogP contribution is 2.36. The van der Waals surface area contributed by atoms with Crippen LogP contribution in [0, 0.1) is 29.6 Å².